The lowest BCUT2D eigenvalue weighted by Crippen LogP contribution is -2.23. The summed E-state index contributed by atoms with van der Waals surface area (Å²) in [6, 6.07) is 5.68. The second-order valence-electron chi connectivity index (χ2n) is 4.33. The van der Waals surface area contributed by atoms with E-state index in [1.807, 2.05) is 4.98 Å². The van der Waals surface area contributed by atoms with E-state index in [0.717, 1.165) is 10.3 Å². The van der Waals surface area contributed by atoms with Crippen molar-refractivity contribution in [2.75, 3.05) is 7.11 Å². The summed E-state index contributed by atoms with van der Waals surface area (Å²) in [6.07, 6.45) is 0.968. The molecule has 0 aliphatic heterocycles. The second kappa shape index (κ2) is 4.84. The maximum Gasteiger partial charge on any atom is 0.327 e. The van der Waals surface area contributed by atoms with E-state index in [9.17, 15) is 18.0 Å². The van der Waals surface area contributed by atoms with Gasteiger partial charge >= 0.3 is 5.69 Å². The largest absolute Gasteiger partial charge is 0.497 e. The molecule has 3 rings (SSSR count). The van der Waals surface area contributed by atoms with Gasteiger partial charge in [0.05, 0.1) is 12.0 Å². The van der Waals surface area contributed by atoms with E-state index in [-0.39, 0.29) is 16.1 Å². The predicted molar refractivity (Wildman–Crippen MR) is 76.6 cm³/mol. The summed E-state index contributed by atoms with van der Waals surface area (Å²) in [5, 5.41) is 0. The van der Waals surface area contributed by atoms with Crippen molar-refractivity contribution in [1.82, 2.24) is 18.9 Å². The number of benzene rings is 1. The third kappa shape index (κ3) is 2.09. The summed E-state index contributed by atoms with van der Waals surface area (Å²) in [5.74, 6) is 0.499. The Morgan fingerprint density at radius 2 is 1.82 bits per heavy atom. The van der Waals surface area contributed by atoms with Gasteiger partial charge in [0.2, 0.25) is 0 Å². The molecule has 10 heteroatoms. The summed E-state index contributed by atoms with van der Waals surface area (Å²) in [5.41, 5.74) is -1.94. The van der Waals surface area contributed by atoms with E-state index in [0.29, 0.717) is 5.75 Å². The van der Waals surface area contributed by atoms with Crippen LogP contribution in [0.1, 0.15) is 0 Å². The zero-order valence-electron chi connectivity index (χ0n) is 11.2. The first-order valence-electron chi connectivity index (χ1n) is 6.03. The molecule has 3 aromatic rings. The lowest BCUT2D eigenvalue weighted by Gasteiger charge is -2.07. The molecule has 114 valence electrons. The van der Waals surface area contributed by atoms with Crippen LogP contribution in [0.25, 0.3) is 11.2 Å². The lowest BCUT2D eigenvalue weighted by molar-refractivity contribution is 0.414. The smallest absolute Gasteiger partial charge is 0.327 e. The van der Waals surface area contributed by atoms with E-state index in [1.165, 1.54) is 31.4 Å². The van der Waals surface area contributed by atoms with Crippen LogP contribution in [0.15, 0.2) is 45.1 Å². The number of ether oxygens (including phenoxy) is 1. The number of fused-ring (bicyclic) bond motifs is 1. The number of rotatable bonds is 3. The van der Waals surface area contributed by atoms with Crippen LogP contribution in [0, 0.1) is 0 Å². The van der Waals surface area contributed by atoms with Gasteiger partial charge < -0.3 is 4.74 Å². The van der Waals surface area contributed by atoms with Gasteiger partial charge in [-0.05, 0) is 24.3 Å². The fourth-order valence-corrected chi connectivity index (χ4v) is 3.21. The molecule has 0 fully saturated rings. The number of nitrogens with one attached hydrogen (secondary N) is 2. The van der Waals surface area contributed by atoms with Crippen molar-refractivity contribution >= 4 is 21.2 Å². The molecule has 0 atom stereocenters. The van der Waals surface area contributed by atoms with Crippen molar-refractivity contribution in [3.05, 3.63) is 51.4 Å². The van der Waals surface area contributed by atoms with Crippen LogP contribution in [0.4, 0.5) is 0 Å². The van der Waals surface area contributed by atoms with Gasteiger partial charge in [-0.25, -0.2) is 22.2 Å². The van der Waals surface area contributed by atoms with Crippen molar-refractivity contribution in [3.63, 3.8) is 0 Å². The minimum absolute atomic E-state index is 0.0336. The van der Waals surface area contributed by atoms with Crippen LogP contribution in [0.5, 0.6) is 5.75 Å². The monoisotopic (exact) mass is 322 g/mol. The van der Waals surface area contributed by atoms with Crippen molar-refractivity contribution in [1.29, 1.82) is 0 Å². The number of aromatic nitrogens is 4. The van der Waals surface area contributed by atoms with E-state index in [2.05, 4.69) is 9.97 Å². The number of hydrogen-bond acceptors (Lipinski definition) is 6. The Bertz CT molecular complexity index is 1060. The fourth-order valence-electron chi connectivity index (χ4n) is 1.96. The Hall–Kier alpha value is -2.88. The molecular formula is C12H10N4O5S. The van der Waals surface area contributed by atoms with Gasteiger partial charge in [-0.1, -0.05) is 0 Å². The van der Waals surface area contributed by atoms with Gasteiger partial charge in [-0.3, -0.25) is 14.8 Å². The van der Waals surface area contributed by atoms with Crippen LogP contribution in [-0.2, 0) is 10.0 Å². The number of H-pyrrole nitrogens is 2. The van der Waals surface area contributed by atoms with Crippen LogP contribution in [-0.4, -0.2) is 34.5 Å². The quantitative estimate of drug-likeness (QED) is 0.679. The Kier molecular flexibility index (Phi) is 3.10. The molecule has 2 N–H and O–H groups in total. The number of hydrogen-bond donors (Lipinski definition) is 2. The van der Waals surface area contributed by atoms with Gasteiger partial charge in [0.1, 0.15) is 12.1 Å². The molecule has 0 bridgehead atoms. The summed E-state index contributed by atoms with van der Waals surface area (Å²) >= 11 is 0. The van der Waals surface area contributed by atoms with E-state index in [4.69, 9.17) is 4.74 Å². The van der Waals surface area contributed by atoms with Gasteiger partial charge in [0.25, 0.3) is 15.6 Å². The zero-order valence-corrected chi connectivity index (χ0v) is 12.0. The summed E-state index contributed by atoms with van der Waals surface area (Å²) in [4.78, 5) is 30.9. The summed E-state index contributed by atoms with van der Waals surface area (Å²) < 4.78 is 30.9. The Morgan fingerprint density at radius 1 is 1.14 bits per heavy atom. The molecule has 2 heterocycles. The standard InChI is InChI=1S/C12H10N4O5S/c1-21-7-2-4-8(5-3-7)22(19,20)16-6-13-9-10(16)14-12(18)15-11(9)17/h2-6H,1H3,(H2,14,15,17,18). The topological polar surface area (TPSA) is 127 Å². The van der Waals surface area contributed by atoms with Crippen molar-refractivity contribution in [2.45, 2.75) is 4.90 Å². The normalized spacial score (nSPS) is 11.7. The average Bonchev–Trinajstić information content (AvgIpc) is 2.92. The maximum atomic E-state index is 12.6. The summed E-state index contributed by atoms with van der Waals surface area (Å²) in [6.45, 7) is 0. The molecule has 0 spiro atoms. The zero-order chi connectivity index (χ0) is 15.9. The van der Waals surface area contributed by atoms with Crippen LogP contribution in [0.2, 0.25) is 0 Å². The van der Waals surface area contributed by atoms with E-state index in [1.54, 1.807) is 0 Å². The number of methoxy groups -OCH3 is 1. The molecule has 0 aliphatic rings. The molecule has 0 saturated carbocycles. The first-order chi connectivity index (χ1) is 10.4. The molecule has 2 aromatic heterocycles. The highest BCUT2D eigenvalue weighted by Crippen LogP contribution is 2.19. The van der Waals surface area contributed by atoms with Crippen molar-refractivity contribution < 1.29 is 13.2 Å². The highest BCUT2D eigenvalue weighted by Gasteiger charge is 2.21. The first kappa shape index (κ1) is 14.1. The molecular weight excluding hydrogens is 312 g/mol. The van der Waals surface area contributed by atoms with Gasteiger partial charge in [0.15, 0.2) is 11.2 Å². The van der Waals surface area contributed by atoms with Gasteiger partial charge in [-0.15, -0.1) is 0 Å². The molecule has 0 aliphatic carbocycles. The third-order valence-electron chi connectivity index (χ3n) is 3.03. The summed E-state index contributed by atoms with van der Waals surface area (Å²) in [7, 11) is -2.54. The van der Waals surface area contributed by atoms with Gasteiger partial charge in [0, 0.05) is 0 Å². The van der Waals surface area contributed by atoms with Crippen LogP contribution >= 0.6 is 0 Å². The lowest BCUT2D eigenvalue weighted by atomic mass is 10.3. The molecule has 1 aromatic carbocycles. The number of imidazole rings is 1. The SMILES string of the molecule is COc1ccc(S(=O)(=O)n2cnc3c(=O)[nH]c(=O)[nH]c32)cc1. The highest BCUT2D eigenvalue weighted by atomic mass is 32.2. The molecule has 0 amide bonds. The highest BCUT2D eigenvalue weighted by molar-refractivity contribution is 7.90. The Labute approximate surface area is 123 Å². The van der Waals surface area contributed by atoms with Crippen LogP contribution in [0.3, 0.4) is 0 Å². The maximum absolute atomic E-state index is 12.6. The van der Waals surface area contributed by atoms with Crippen LogP contribution < -0.4 is 16.0 Å². The minimum Gasteiger partial charge on any atom is -0.497 e. The van der Waals surface area contributed by atoms with Gasteiger partial charge in [-0.2, -0.15) is 0 Å². The average molecular weight is 322 g/mol. The molecule has 0 saturated heterocycles. The molecule has 0 radical (unpaired) electrons. The fraction of sp³-hybridized carbons (Fsp3) is 0.0833. The van der Waals surface area contributed by atoms with Crippen molar-refractivity contribution in [3.8, 4) is 5.75 Å². The van der Waals surface area contributed by atoms with E-state index >= 15 is 0 Å². The van der Waals surface area contributed by atoms with E-state index < -0.39 is 21.3 Å². The number of nitrogens with zero attached hydrogens (tertiary/aromatic N) is 2. The molecule has 22 heavy (non-hydrogen) atoms. The number of aromatic amines is 2. The second-order valence-corrected chi connectivity index (χ2v) is 6.14. The first-order valence-corrected chi connectivity index (χ1v) is 7.47. The Morgan fingerprint density at radius 3 is 2.45 bits per heavy atom. The predicted octanol–water partition coefficient (Wildman–Crippen LogP) is -0.342. The minimum atomic E-state index is -4.01. The molecule has 0 unspecified atom stereocenters. The Balaban J connectivity index is 2.25. The van der Waals surface area contributed by atoms with Crippen molar-refractivity contribution in [2.24, 2.45) is 0 Å². The molecule has 9 nitrogen and oxygen atoms in total. The third-order valence-corrected chi connectivity index (χ3v) is 4.69.